The van der Waals surface area contributed by atoms with E-state index in [9.17, 15) is 4.21 Å². The molecule has 4 aliphatic carbocycles. The van der Waals surface area contributed by atoms with Crippen molar-refractivity contribution < 1.29 is 4.21 Å². The SMILES string of the molecule is O=[S@@](N1CCc2ccccc21)C12CC3CC(CC(C3)C1)C2. The molecule has 6 rings (SSSR count). The van der Waals surface area contributed by atoms with E-state index in [1.54, 1.807) is 0 Å². The van der Waals surface area contributed by atoms with Crippen molar-refractivity contribution in [2.75, 3.05) is 10.8 Å². The standard InChI is InChI=1S/C18H23NOS/c20-21(19-6-5-16-3-1-2-4-17(16)19)18-10-13-7-14(11-18)9-15(8-13)12-18/h1-4,13-15H,5-12H2/t13?,14?,15?,18?,21-/m1/s1. The van der Waals surface area contributed by atoms with Gasteiger partial charge in [0.2, 0.25) is 0 Å². The van der Waals surface area contributed by atoms with Crippen LogP contribution in [-0.2, 0) is 17.4 Å². The quantitative estimate of drug-likeness (QED) is 0.816. The van der Waals surface area contributed by atoms with Crippen molar-refractivity contribution in [3.8, 4) is 0 Å². The molecule has 1 atom stereocenters. The lowest BCUT2D eigenvalue weighted by Crippen LogP contribution is -2.56. The molecule has 3 heteroatoms. The zero-order valence-corrected chi connectivity index (χ0v) is 13.3. The zero-order valence-electron chi connectivity index (χ0n) is 12.5. The van der Waals surface area contributed by atoms with Crippen molar-refractivity contribution in [3.05, 3.63) is 29.8 Å². The summed E-state index contributed by atoms with van der Waals surface area (Å²) in [5.41, 5.74) is 2.63. The van der Waals surface area contributed by atoms with Gasteiger partial charge in [0.1, 0.15) is 11.0 Å². The Morgan fingerprint density at radius 1 is 1.00 bits per heavy atom. The fourth-order valence-electron chi connectivity index (χ4n) is 5.96. The van der Waals surface area contributed by atoms with Gasteiger partial charge in [0.25, 0.3) is 0 Å². The summed E-state index contributed by atoms with van der Waals surface area (Å²) in [6.45, 7) is 0.952. The lowest BCUT2D eigenvalue weighted by molar-refractivity contribution is 0.0360. The first kappa shape index (κ1) is 12.7. The van der Waals surface area contributed by atoms with E-state index in [4.69, 9.17) is 0 Å². The molecule has 0 amide bonds. The Kier molecular flexibility index (Phi) is 2.62. The highest BCUT2D eigenvalue weighted by atomic mass is 32.2. The number of anilines is 1. The average molecular weight is 301 g/mol. The number of nitrogens with zero attached hydrogens (tertiary/aromatic N) is 1. The Morgan fingerprint density at radius 3 is 2.29 bits per heavy atom. The van der Waals surface area contributed by atoms with Gasteiger partial charge in [0.15, 0.2) is 0 Å². The van der Waals surface area contributed by atoms with Crippen LogP contribution in [0.4, 0.5) is 5.69 Å². The van der Waals surface area contributed by atoms with E-state index in [0.29, 0.717) is 0 Å². The molecule has 0 radical (unpaired) electrons. The van der Waals surface area contributed by atoms with Crippen LogP contribution >= 0.6 is 0 Å². The van der Waals surface area contributed by atoms with Crippen LogP contribution in [0.25, 0.3) is 0 Å². The molecule has 0 aromatic heterocycles. The first-order chi connectivity index (χ1) is 10.2. The molecule has 1 aromatic rings. The van der Waals surface area contributed by atoms with E-state index in [1.807, 2.05) is 0 Å². The van der Waals surface area contributed by atoms with Crippen molar-refractivity contribution >= 4 is 16.7 Å². The molecule has 1 aliphatic heterocycles. The average Bonchev–Trinajstić information content (AvgIpc) is 2.89. The number of rotatable bonds is 2. The smallest absolute Gasteiger partial charge is 0.126 e. The zero-order chi connectivity index (χ0) is 14.0. The van der Waals surface area contributed by atoms with Crippen molar-refractivity contribution in [1.82, 2.24) is 0 Å². The molecule has 4 saturated carbocycles. The maximum atomic E-state index is 13.5. The second-order valence-electron chi connectivity index (χ2n) is 7.83. The Hall–Kier alpha value is -0.830. The maximum Gasteiger partial charge on any atom is 0.126 e. The fraction of sp³-hybridized carbons (Fsp3) is 0.667. The van der Waals surface area contributed by atoms with E-state index >= 15 is 0 Å². The van der Waals surface area contributed by atoms with E-state index in [1.165, 1.54) is 49.8 Å². The van der Waals surface area contributed by atoms with Crippen LogP contribution < -0.4 is 4.31 Å². The van der Waals surface area contributed by atoms with Gasteiger partial charge in [-0.1, -0.05) is 18.2 Å². The van der Waals surface area contributed by atoms with Crippen molar-refractivity contribution in [2.24, 2.45) is 17.8 Å². The second-order valence-corrected chi connectivity index (χ2v) is 9.64. The van der Waals surface area contributed by atoms with Crippen molar-refractivity contribution in [2.45, 2.75) is 49.7 Å². The molecule has 0 spiro atoms. The third-order valence-corrected chi connectivity index (χ3v) is 8.42. The molecule has 1 heterocycles. The van der Waals surface area contributed by atoms with Crippen LogP contribution in [0.1, 0.15) is 44.1 Å². The molecule has 4 bridgehead atoms. The van der Waals surface area contributed by atoms with Crippen molar-refractivity contribution in [1.29, 1.82) is 0 Å². The van der Waals surface area contributed by atoms with Gasteiger partial charge in [-0.25, -0.2) is 4.21 Å². The Bertz CT molecular complexity index is 576. The van der Waals surface area contributed by atoms with Gasteiger partial charge in [-0.15, -0.1) is 0 Å². The molecule has 4 fully saturated rings. The summed E-state index contributed by atoms with van der Waals surface area (Å²) in [4.78, 5) is 0. The highest BCUT2D eigenvalue weighted by molar-refractivity contribution is 7.87. The molecule has 2 nitrogen and oxygen atoms in total. The van der Waals surface area contributed by atoms with Gasteiger partial charge in [-0.3, -0.25) is 4.31 Å². The van der Waals surface area contributed by atoms with Gasteiger partial charge in [0.05, 0.1) is 10.4 Å². The molecular formula is C18H23NOS. The molecule has 5 aliphatic rings. The molecule has 21 heavy (non-hydrogen) atoms. The molecular weight excluding hydrogens is 278 g/mol. The molecule has 0 saturated heterocycles. The fourth-order valence-corrected chi connectivity index (χ4v) is 8.18. The normalized spacial score (nSPS) is 41.3. The lowest BCUT2D eigenvalue weighted by Gasteiger charge is -2.56. The maximum absolute atomic E-state index is 13.5. The minimum Gasteiger partial charge on any atom is -0.291 e. The molecule has 1 aromatic carbocycles. The number of para-hydroxylation sites is 1. The predicted octanol–water partition coefficient (Wildman–Crippen LogP) is 3.68. The van der Waals surface area contributed by atoms with E-state index in [-0.39, 0.29) is 4.75 Å². The summed E-state index contributed by atoms with van der Waals surface area (Å²) < 4.78 is 15.9. The third kappa shape index (κ3) is 1.79. The van der Waals surface area contributed by atoms with Crippen LogP contribution in [0.3, 0.4) is 0 Å². The van der Waals surface area contributed by atoms with Crippen LogP contribution in [0.15, 0.2) is 24.3 Å². The summed E-state index contributed by atoms with van der Waals surface area (Å²) in [6.07, 6.45) is 9.01. The Labute approximate surface area is 129 Å². The second kappa shape index (κ2) is 4.34. The summed E-state index contributed by atoms with van der Waals surface area (Å²) in [6, 6.07) is 8.57. The van der Waals surface area contributed by atoms with Crippen LogP contribution in [0.5, 0.6) is 0 Å². The lowest BCUT2D eigenvalue weighted by atomic mass is 9.56. The predicted molar refractivity (Wildman–Crippen MR) is 86.5 cm³/mol. The van der Waals surface area contributed by atoms with Gasteiger partial charge >= 0.3 is 0 Å². The minimum atomic E-state index is -0.828. The van der Waals surface area contributed by atoms with Gasteiger partial charge in [-0.05, 0) is 74.3 Å². The van der Waals surface area contributed by atoms with Gasteiger partial charge in [-0.2, -0.15) is 0 Å². The van der Waals surface area contributed by atoms with E-state index < -0.39 is 11.0 Å². The minimum absolute atomic E-state index is 0.117. The Balaban J connectivity index is 1.50. The Morgan fingerprint density at radius 2 is 1.62 bits per heavy atom. The molecule has 0 unspecified atom stereocenters. The van der Waals surface area contributed by atoms with Crippen LogP contribution in [-0.4, -0.2) is 15.5 Å². The van der Waals surface area contributed by atoms with Gasteiger partial charge in [0, 0.05) is 6.54 Å². The summed E-state index contributed by atoms with van der Waals surface area (Å²) in [5, 5.41) is 0. The summed E-state index contributed by atoms with van der Waals surface area (Å²) in [5.74, 6) is 2.62. The summed E-state index contributed by atoms with van der Waals surface area (Å²) >= 11 is 0. The van der Waals surface area contributed by atoms with Crippen LogP contribution in [0.2, 0.25) is 0 Å². The largest absolute Gasteiger partial charge is 0.291 e. The number of fused-ring (bicyclic) bond motifs is 1. The number of benzene rings is 1. The number of hydrogen-bond acceptors (Lipinski definition) is 1. The monoisotopic (exact) mass is 301 g/mol. The van der Waals surface area contributed by atoms with E-state index in [2.05, 4.69) is 28.6 Å². The molecule has 112 valence electrons. The highest BCUT2D eigenvalue weighted by Gasteiger charge is 2.55. The topological polar surface area (TPSA) is 20.3 Å². The van der Waals surface area contributed by atoms with Gasteiger partial charge < -0.3 is 0 Å². The van der Waals surface area contributed by atoms with Crippen LogP contribution in [0, 0.1) is 17.8 Å². The van der Waals surface area contributed by atoms with E-state index in [0.717, 1.165) is 30.7 Å². The first-order valence-electron chi connectivity index (χ1n) is 8.51. The van der Waals surface area contributed by atoms with Crippen molar-refractivity contribution in [3.63, 3.8) is 0 Å². The third-order valence-electron chi connectivity index (χ3n) is 6.40. The highest BCUT2D eigenvalue weighted by Crippen LogP contribution is 2.58. The molecule has 0 N–H and O–H groups in total. The number of hydrogen-bond donors (Lipinski definition) is 0. The summed E-state index contributed by atoms with van der Waals surface area (Å²) in [7, 11) is -0.828. The first-order valence-corrected chi connectivity index (χ1v) is 9.62.